The lowest BCUT2D eigenvalue weighted by Crippen LogP contribution is -2.33. The number of ketones is 1. The first-order valence-electron chi connectivity index (χ1n) is 8.68. The van der Waals surface area contributed by atoms with Gasteiger partial charge >= 0.3 is 5.97 Å². The van der Waals surface area contributed by atoms with Crippen LogP contribution in [-0.4, -0.2) is 45.0 Å². The number of carbonyl (C=O) groups is 2. The van der Waals surface area contributed by atoms with Crippen molar-refractivity contribution in [1.29, 1.82) is 0 Å². The third kappa shape index (κ3) is 5.01. The maximum absolute atomic E-state index is 12.5. The van der Waals surface area contributed by atoms with E-state index in [9.17, 15) is 18.0 Å². The minimum atomic E-state index is -3.79. The van der Waals surface area contributed by atoms with Crippen molar-refractivity contribution in [2.75, 3.05) is 29.3 Å². The summed E-state index contributed by atoms with van der Waals surface area (Å²) in [7, 11) is -3.79. The maximum atomic E-state index is 12.5. The van der Waals surface area contributed by atoms with Gasteiger partial charge in [0.15, 0.2) is 6.61 Å². The number of carboxylic acids is 1. The van der Waals surface area contributed by atoms with Gasteiger partial charge in [-0.25, -0.2) is 13.2 Å². The number of anilines is 2. The summed E-state index contributed by atoms with van der Waals surface area (Å²) in [5.74, 6) is -0.580. The van der Waals surface area contributed by atoms with Crippen molar-refractivity contribution in [3.8, 4) is 5.75 Å². The van der Waals surface area contributed by atoms with E-state index in [-0.39, 0.29) is 16.4 Å². The van der Waals surface area contributed by atoms with Gasteiger partial charge in [0.2, 0.25) is 0 Å². The number of aliphatic carboxylic acids is 1. The standard InChI is InChI=1S/C19H20N2O6S/c22-16-9-11-21(12-10-16)15-3-1-14(2-4-15)20-28(25,26)18-7-5-17(6-8-18)27-13-19(23)24/h1-8,20H,9-13H2,(H,23,24). The van der Waals surface area contributed by atoms with Crippen LogP contribution in [0.15, 0.2) is 53.4 Å². The van der Waals surface area contributed by atoms with Gasteiger partial charge in [0.05, 0.1) is 4.90 Å². The number of ether oxygens (including phenoxy) is 1. The first-order valence-corrected chi connectivity index (χ1v) is 10.2. The molecule has 2 aromatic carbocycles. The third-order valence-electron chi connectivity index (χ3n) is 4.30. The van der Waals surface area contributed by atoms with Crippen molar-refractivity contribution in [3.63, 3.8) is 0 Å². The molecular formula is C19H20N2O6S. The number of Topliss-reactive ketones (excluding diaryl/α,β-unsaturated/α-hetero) is 1. The van der Waals surface area contributed by atoms with Gasteiger partial charge in [-0.05, 0) is 48.5 Å². The van der Waals surface area contributed by atoms with E-state index < -0.39 is 22.6 Å². The van der Waals surface area contributed by atoms with Gasteiger partial charge in [0, 0.05) is 37.3 Å². The van der Waals surface area contributed by atoms with E-state index in [0.29, 0.717) is 31.6 Å². The Morgan fingerprint density at radius 1 is 1.04 bits per heavy atom. The van der Waals surface area contributed by atoms with Gasteiger partial charge in [0.25, 0.3) is 10.0 Å². The predicted molar refractivity (Wildman–Crippen MR) is 103 cm³/mol. The summed E-state index contributed by atoms with van der Waals surface area (Å²) in [6, 6.07) is 12.5. The molecule has 0 radical (unpaired) electrons. The van der Waals surface area contributed by atoms with Crippen molar-refractivity contribution in [3.05, 3.63) is 48.5 Å². The van der Waals surface area contributed by atoms with Crippen LogP contribution in [0.5, 0.6) is 5.75 Å². The molecule has 8 nitrogen and oxygen atoms in total. The summed E-state index contributed by atoms with van der Waals surface area (Å²) < 4.78 is 32.5. The van der Waals surface area contributed by atoms with Crippen molar-refractivity contribution in [2.24, 2.45) is 0 Å². The minimum absolute atomic E-state index is 0.0359. The Kier molecular flexibility index (Phi) is 5.84. The zero-order chi connectivity index (χ0) is 20.1. The van der Waals surface area contributed by atoms with E-state index in [1.54, 1.807) is 12.1 Å². The fraction of sp³-hybridized carbons (Fsp3) is 0.263. The fourth-order valence-electron chi connectivity index (χ4n) is 2.83. The molecule has 0 amide bonds. The van der Waals surface area contributed by atoms with Gasteiger partial charge in [-0.15, -0.1) is 0 Å². The Bertz CT molecular complexity index is 945. The summed E-state index contributed by atoms with van der Waals surface area (Å²) in [5.41, 5.74) is 1.36. The fourth-order valence-corrected chi connectivity index (χ4v) is 3.89. The van der Waals surface area contributed by atoms with Gasteiger partial charge in [-0.3, -0.25) is 9.52 Å². The molecule has 1 fully saturated rings. The summed E-state index contributed by atoms with van der Waals surface area (Å²) >= 11 is 0. The third-order valence-corrected chi connectivity index (χ3v) is 5.70. The molecule has 0 aromatic heterocycles. The van der Waals surface area contributed by atoms with E-state index in [2.05, 4.69) is 9.62 Å². The summed E-state index contributed by atoms with van der Waals surface area (Å²) in [6.45, 7) is 0.836. The van der Waals surface area contributed by atoms with Crippen molar-refractivity contribution >= 4 is 33.2 Å². The molecule has 0 aliphatic carbocycles. The van der Waals surface area contributed by atoms with E-state index in [1.165, 1.54) is 24.3 Å². The molecule has 0 bridgehead atoms. The lowest BCUT2D eigenvalue weighted by Gasteiger charge is -2.28. The smallest absolute Gasteiger partial charge is 0.341 e. The first-order chi connectivity index (χ1) is 13.3. The molecule has 148 valence electrons. The molecule has 0 unspecified atom stereocenters. The van der Waals surface area contributed by atoms with Crippen LogP contribution in [0.1, 0.15) is 12.8 Å². The second-order valence-corrected chi connectivity index (χ2v) is 8.01. The maximum Gasteiger partial charge on any atom is 0.341 e. The van der Waals surface area contributed by atoms with Crippen molar-refractivity contribution in [1.82, 2.24) is 0 Å². The van der Waals surface area contributed by atoms with Crippen molar-refractivity contribution in [2.45, 2.75) is 17.7 Å². The normalized spacial score (nSPS) is 14.6. The molecule has 0 spiro atoms. The van der Waals surface area contributed by atoms with Crippen LogP contribution < -0.4 is 14.4 Å². The number of nitrogens with one attached hydrogen (secondary N) is 1. The van der Waals surface area contributed by atoms with Crippen LogP contribution in [0.3, 0.4) is 0 Å². The Morgan fingerprint density at radius 2 is 1.64 bits per heavy atom. The van der Waals surface area contributed by atoms with Crippen LogP contribution in [-0.2, 0) is 19.6 Å². The highest BCUT2D eigenvalue weighted by molar-refractivity contribution is 7.92. The number of carbonyl (C=O) groups excluding carboxylic acids is 1. The number of rotatable bonds is 7. The van der Waals surface area contributed by atoms with Crippen LogP contribution in [0.2, 0.25) is 0 Å². The van der Waals surface area contributed by atoms with Crippen LogP contribution in [0, 0.1) is 0 Å². The molecule has 1 saturated heterocycles. The molecule has 1 aliphatic rings. The summed E-state index contributed by atoms with van der Waals surface area (Å²) in [6.07, 6.45) is 1.06. The number of carboxylic acid groups (broad SMARTS) is 1. The van der Waals surface area contributed by atoms with Crippen LogP contribution in [0.25, 0.3) is 0 Å². The van der Waals surface area contributed by atoms with E-state index >= 15 is 0 Å². The molecule has 1 heterocycles. The minimum Gasteiger partial charge on any atom is -0.482 e. The Morgan fingerprint density at radius 3 is 2.21 bits per heavy atom. The lowest BCUT2D eigenvalue weighted by molar-refractivity contribution is -0.139. The average Bonchev–Trinajstić information content (AvgIpc) is 2.68. The summed E-state index contributed by atoms with van der Waals surface area (Å²) in [4.78, 5) is 24.0. The molecule has 2 aromatic rings. The Balaban J connectivity index is 1.65. The number of hydrogen-bond donors (Lipinski definition) is 2. The van der Waals surface area contributed by atoms with Gasteiger partial charge in [-0.2, -0.15) is 0 Å². The molecular weight excluding hydrogens is 384 g/mol. The van der Waals surface area contributed by atoms with Crippen LogP contribution >= 0.6 is 0 Å². The second-order valence-electron chi connectivity index (χ2n) is 6.33. The number of piperidine rings is 1. The number of hydrogen-bond acceptors (Lipinski definition) is 6. The van der Waals surface area contributed by atoms with E-state index in [0.717, 1.165) is 5.69 Å². The van der Waals surface area contributed by atoms with Gasteiger partial charge in [0.1, 0.15) is 11.5 Å². The first kappa shape index (κ1) is 19.7. The molecule has 28 heavy (non-hydrogen) atoms. The second kappa shape index (κ2) is 8.30. The van der Waals surface area contributed by atoms with Crippen LogP contribution in [0.4, 0.5) is 11.4 Å². The largest absolute Gasteiger partial charge is 0.482 e. The van der Waals surface area contributed by atoms with Crippen molar-refractivity contribution < 1.29 is 27.9 Å². The number of benzene rings is 2. The monoisotopic (exact) mass is 404 g/mol. The molecule has 2 N–H and O–H groups in total. The Hall–Kier alpha value is -3.07. The highest BCUT2D eigenvalue weighted by atomic mass is 32.2. The van der Waals surface area contributed by atoms with E-state index in [4.69, 9.17) is 9.84 Å². The molecule has 3 rings (SSSR count). The Labute approximate surface area is 162 Å². The predicted octanol–water partition coefficient (Wildman–Crippen LogP) is 2.12. The van der Waals surface area contributed by atoms with Gasteiger partial charge < -0.3 is 14.7 Å². The summed E-state index contributed by atoms with van der Waals surface area (Å²) in [5, 5.41) is 8.59. The number of nitrogens with zero attached hydrogens (tertiary/aromatic N) is 1. The molecule has 0 saturated carbocycles. The zero-order valence-corrected chi connectivity index (χ0v) is 15.8. The zero-order valence-electron chi connectivity index (χ0n) is 15.0. The van der Waals surface area contributed by atoms with E-state index in [1.807, 2.05) is 12.1 Å². The quantitative estimate of drug-likeness (QED) is 0.727. The molecule has 0 atom stereocenters. The highest BCUT2D eigenvalue weighted by Crippen LogP contribution is 2.23. The molecule has 9 heteroatoms. The molecule has 1 aliphatic heterocycles. The van der Waals surface area contributed by atoms with Gasteiger partial charge in [-0.1, -0.05) is 0 Å². The SMILES string of the molecule is O=C(O)COc1ccc(S(=O)(=O)Nc2ccc(N3CCC(=O)CC3)cc2)cc1. The highest BCUT2D eigenvalue weighted by Gasteiger charge is 2.17. The number of sulfonamides is 1. The lowest BCUT2D eigenvalue weighted by atomic mass is 10.1. The topological polar surface area (TPSA) is 113 Å². The average molecular weight is 404 g/mol.